The SMILES string of the molecule is Cc1ccc(/C=N/NC(=O)c2ccc(NC(=O)c3ccccc3C)cc2)o1. The van der Waals surface area contributed by atoms with Crippen molar-refractivity contribution >= 4 is 23.7 Å². The van der Waals surface area contributed by atoms with Crippen LogP contribution in [0.25, 0.3) is 0 Å². The summed E-state index contributed by atoms with van der Waals surface area (Å²) in [6, 6.07) is 17.5. The minimum absolute atomic E-state index is 0.191. The summed E-state index contributed by atoms with van der Waals surface area (Å²) in [5.41, 5.74) is 4.98. The molecule has 3 rings (SSSR count). The molecule has 6 heteroatoms. The highest BCUT2D eigenvalue weighted by atomic mass is 16.3. The Balaban J connectivity index is 1.59. The Hall–Kier alpha value is -3.67. The number of furan rings is 1. The first kappa shape index (κ1) is 18.1. The largest absolute Gasteiger partial charge is 0.460 e. The molecule has 0 unspecified atom stereocenters. The smallest absolute Gasteiger partial charge is 0.271 e. The molecule has 0 saturated heterocycles. The van der Waals surface area contributed by atoms with Gasteiger partial charge in [0, 0.05) is 16.8 Å². The van der Waals surface area contributed by atoms with Crippen molar-refractivity contribution in [1.82, 2.24) is 5.43 Å². The molecule has 3 aromatic rings. The van der Waals surface area contributed by atoms with Gasteiger partial charge in [-0.05, 0) is 61.9 Å². The molecule has 1 heterocycles. The average Bonchev–Trinajstić information content (AvgIpc) is 3.07. The molecular formula is C21H19N3O3. The van der Waals surface area contributed by atoms with E-state index in [2.05, 4.69) is 15.8 Å². The number of anilines is 1. The van der Waals surface area contributed by atoms with E-state index in [0.29, 0.717) is 22.6 Å². The van der Waals surface area contributed by atoms with Gasteiger partial charge in [0.15, 0.2) is 0 Å². The lowest BCUT2D eigenvalue weighted by molar-refractivity contribution is 0.0954. The van der Waals surface area contributed by atoms with E-state index < -0.39 is 0 Å². The highest BCUT2D eigenvalue weighted by molar-refractivity contribution is 6.05. The zero-order valence-corrected chi connectivity index (χ0v) is 15.0. The minimum atomic E-state index is -0.355. The number of hydrogen-bond donors (Lipinski definition) is 2. The van der Waals surface area contributed by atoms with Gasteiger partial charge >= 0.3 is 0 Å². The maximum Gasteiger partial charge on any atom is 0.271 e. The van der Waals surface area contributed by atoms with Crippen LogP contribution in [0.2, 0.25) is 0 Å². The molecule has 2 N–H and O–H groups in total. The fraction of sp³-hybridized carbons (Fsp3) is 0.0952. The number of aryl methyl sites for hydroxylation is 2. The molecule has 0 radical (unpaired) electrons. The van der Waals surface area contributed by atoms with E-state index in [1.807, 2.05) is 38.1 Å². The molecule has 2 amide bonds. The van der Waals surface area contributed by atoms with Crippen LogP contribution in [0.15, 0.2) is 70.2 Å². The topological polar surface area (TPSA) is 83.7 Å². The maximum atomic E-state index is 12.3. The van der Waals surface area contributed by atoms with Crippen molar-refractivity contribution < 1.29 is 14.0 Å². The summed E-state index contributed by atoms with van der Waals surface area (Å²) in [6.07, 6.45) is 1.43. The van der Waals surface area contributed by atoms with Crippen LogP contribution in [0.1, 0.15) is 37.8 Å². The molecule has 0 aliphatic rings. The summed E-state index contributed by atoms with van der Waals surface area (Å²) in [5, 5.41) is 6.68. The van der Waals surface area contributed by atoms with Crippen LogP contribution in [0.5, 0.6) is 0 Å². The second-order valence-corrected chi connectivity index (χ2v) is 5.99. The second kappa shape index (κ2) is 8.14. The van der Waals surface area contributed by atoms with Crippen LogP contribution in [-0.4, -0.2) is 18.0 Å². The lowest BCUT2D eigenvalue weighted by atomic mass is 10.1. The molecule has 27 heavy (non-hydrogen) atoms. The summed E-state index contributed by atoms with van der Waals surface area (Å²) in [7, 11) is 0. The fourth-order valence-electron chi connectivity index (χ4n) is 2.47. The third-order valence-electron chi connectivity index (χ3n) is 3.91. The van der Waals surface area contributed by atoms with Gasteiger partial charge in [0.05, 0.1) is 6.21 Å². The molecule has 6 nitrogen and oxygen atoms in total. The Bertz CT molecular complexity index is 988. The molecule has 0 saturated carbocycles. The van der Waals surface area contributed by atoms with Gasteiger partial charge in [-0.15, -0.1) is 0 Å². The lowest BCUT2D eigenvalue weighted by Gasteiger charge is -2.08. The van der Waals surface area contributed by atoms with Crippen molar-refractivity contribution in [1.29, 1.82) is 0 Å². The van der Waals surface area contributed by atoms with Crippen LogP contribution in [0, 0.1) is 13.8 Å². The summed E-state index contributed by atoms with van der Waals surface area (Å²) >= 11 is 0. The van der Waals surface area contributed by atoms with Gasteiger partial charge in [-0.1, -0.05) is 18.2 Å². The summed E-state index contributed by atoms with van der Waals surface area (Å²) in [5.74, 6) is 0.781. The van der Waals surface area contributed by atoms with Gasteiger partial charge in [0.2, 0.25) is 0 Å². The van der Waals surface area contributed by atoms with Crippen molar-refractivity contribution in [2.75, 3.05) is 5.32 Å². The Morgan fingerprint density at radius 2 is 1.67 bits per heavy atom. The van der Waals surface area contributed by atoms with Gasteiger partial charge in [-0.25, -0.2) is 5.43 Å². The standard InChI is InChI=1S/C21H19N3O3/c1-14-5-3-4-6-19(14)21(26)23-17-10-8-16(9-11-17)20(25)24-22-13-18-12-7-15(2)27-18/h3-13H,1-2H3,(H,23,26)(H,24,25)/b22-13+. The van der Waals surface area contributed by atoms with Crippen molar-refractivity contribution in [2.45, 2.75) is 13.8 Å². The third kappa shape index (κ3) is 4.70. The molecule has 2 aromatic carbocycles. The number of amides is 2. The molecule has 0 atom stereocenters. The maximum absolute atomic E-state index is 12.3. The number of benzene rings is 2. The van der Waals surface area contributed by atoms with E-state index in [0.717, 1.165) is 11.3 Å². The van der Waals surface area contributed by atoms with Gasteiger partial charge < -0.3 is 9.73 Å². The highest BCUT2D eigenvalue weighted by Crippen LogP contribution is 2.13. The summed E-state index contributed by atoms with van der Waals surface area (Å²) < 4.78 is 5.33. The molecule has 0 spiro atoms. The lowest BCUT2D eigenvalue weighted by Crippen LogP contribution is -2.18. The van der Waals surface area contributed by atoms with Crippen molar-refractivity contribution in [2.24, 2.45) is 5.10 Å². The highest BCUT2D eigenvalue weighted by Gasteiger charge is 2.09. The molecule has 1 aromatic heterocycles. The summed E-state index contributed by atoms with van der Waals surface area (Å²) in [6.45, 7) is 3.71. The number of nitrogens with one attached hydrogen (secondary N) is 2. The Kier molecular flexibility index (Phi) is 5.47. The zero-order valence-electron chi connectivity index (χ0n) is 15.0. The number of hydrogen-bond acceptors (Lipinski definition) is 4. The molecular weight excluding hydrogens is 342 g/mol. The molecule has 0 aliphatic heterocycles. The van der Waals surface area contributed by atoms with E-state index in [1.165, 1.54) is 6.21 Å². The first-order valence-electron chi connectivity index (χ1n) is 8.40. The van der Waals surface area contributed by atoms with Crippen molar-refractivity contribution in [3.05, 3.63) is 88.9 Å². The average molecular weight is 361 g/mol. The van der Waals surface area contributed by atoms with E-state index in [4.69, 9.17) is 4.42 Å². The molecule has 136 valence electrons. The van der Waals surface area contributed by atoms with Crippen molar-refractivity contribution in [3.63, 3.8) is 0 Å². The second-order valence-electron chi connectivity index (χ2n) is 5.99. The van der Waals surface area contributed by atoms with E-state index in [-0.39, 0.29) is 11.8 Å². The van der Waals surface area contributed by atoms with Crippen LogP contribution >= 0.6 is 0 Å². The van der Waals surface area contributed by atoms with Gasteiger partial charge in [-0.2, -0.15) is 5.10 Å². The Morgan fingerprint density at radius 1 is 0.926 bits per heavy atom. The monoisotopic (exact) mass is 361 g/mol. The van der Waals surface area contributed by atoms with E-state index in [9.17, 15) is 9.59 Å². The molecule has 0 fully saturated rings. The normalized spacial score (nSPS) is 10.7. The van der Waals surface area contributed by atoms with Gasteiger partial charge in [0.25, 0.3) is 11.8 Å². The van der Waals surface area contributed by atoms with Crippen LogP contribution in [0.3, 0.4) is 0 Å². The summed E-state index contributed by atoms with van der Waals surface area (Å²) in [4.78, 5) is 24.4. The van der Waals surface area contributed by atoms with E-state index >= 15 is 0 Å². The van der Waals surface area contributed by atoms with Crippen LogP contribution in [-0.2, 0) is 0 Å². The molecule has 0 bridgehead atoms. The van der Waals surface area contributed by atoms with Crippen LogP contribution < -0.4 is 10.7 Å². The Morgan fingerprint density at radius 3 is 2.33 bits per heavy atom. The zero-order chi connectivity index (χ0) is 19.2. The van der Waals surface area contributed by atoms with E-state index in [1.54, 1.807) is 36.4 Å². The van der Waals surface area contributed by atoms with Crippen LogP contribution in [0.4, 0.5) is 5.69 Å². The number of carbonyl (C=O) groups is 2. The number of rotatable bonds is 5. The predicted octanol–water partition coefficient (Wildman–Crippen LogP) is 3.91. The minimum Gasteiger partial charge on any atom is -0.460 e. The third-order valence-corrected chi connectivity index (χ3v) is 3.91. The number of carbonyl (C=O) groups excluding carboxylic acids is 2. The molecule has 0 aliphatic carbocycles. The first-order chi connectivity index (χ1) is 13.0. The van der Waals surface area contributed by atoms with Crippen molar-refractivity contribution in [3.8, 4) is 0 Å². The quantitative estimate of drug-likeness (QED) is 0.534. The number of hydrazone groups is 1. The number of nitrogens with zero attached hydrogens (tertiary/aromatic N) is 1. The predicted molar refractivity (Wildman–Crippen MR) is 104 cm³/mol. The van der Waals surface area contributed by atoms with Gasteiger partial charge in [-0.3, -0.25) is 9.59 Å². The Labute approximate surface area is 156 Å². The fourth-order valence-corrected chi connectivity index (χ4v) is 2.47. The van der Waals surface area contributed by atoms with Gasteiger partial charge in [0.1, 0.15) is 11.5 Å². The first-order valence-corrected chi connectivity index (χ1v) is 8.40.